The Bertz CT molecular complexity index is 1250. The molecule has 0 radical (unpaired) electrons. The minimum absolute atomic E-state index is 0.0257. The second-order valence-electron chi connectivity index (χ2n) is 8.16. The topological polar surface area (TPSA) is 113 Å². The Morgan fingerprint density at radius 1 is 1.03 bits per heavy atom. The van der Waals surface area contributed by atoms with Gasteiger partial charge in [0.2, 0.25) is 0 Å². The predicted octanol–water partition coefficient (Wildman–Crippen LogP) is 2.47. The van der Waals surface area contributed by atoms with Crippen LogP contribution in [0.3, 0.4) is 0 Å². The van der Waals surface area contributed by atoms with Gasteiger partial charge in [-0.3, -0.25) is 4.79 Å². The molecule has 1 heterocycles. The molecule has 9 heteroatoms. The van der Waals surface area contributed by atoms with Crippen molar-refractivity contribution in [2.24, 2.45) is 5.14 Å². The van der Waals surface area contributed by atoms with Crippen molar-refractivity contribution in [1.29, 1.82) is 0 Å². The number of aliphatic hydroxyl groups excluding tert-OH is 1. The minimum atomic E-state index is -4.11. The lowest BCUT2D eigenvalue weighted by molar-refractivity contribution is 0.0734. The van der Waals surface area contributed by atoms with Crippen LogP contribution in [0.25, 0.3) is 0 Å². The monoisotopic (exact) mass is 481 g/mol. The molecule has 4 rings (SSSR count). The van der Waals surface area contributed by atoms with Crippen molar-refractivity contribution in [3.63, 3.8) is 0 Å². The first-order valence-corrected chi connectivity index (χ1v) is 12.4. The molecule has 0 aromatic heterocycles. The Morgan fingerprint density at radius 2 is 1.76 bits per heavy atom. The Morgan fingerprint density at radius 3 is 2.44 bits per heavy atom. The normalized spacial score (nSPS) is 13.3. The molecule has 0 aliphatic carbocycles. The molecule has 0 atom stereocenters. The highest BCUT2D eigenvalue weighted by Crippen LogP contribution is 2.26. The van der Waals surface area contributed by atoms with E-state index in [1.54, 1.807) is 35.2 Å². The average Bonchev–Trinajstić information content (AvgIpc) is 2.82. The van der Waals surface area contributed by atoms with Gasteiger partial charge < -0.3 is 19.1 Å². The van der Waals surface area contributed by atoms with Gasteiger partial charge in [0.1, 0.15) is 5.75 Å². The Hall–Kier alpha value is -3.40. The summed E-state index contributed by atoms with van der Waals surface area (Å²) < 4.78 is 27.2. The second-order valence-corrected chi connectivity index (χ2v) is 9.31. The van der Waals surface area contributed by atoms with Crippen molar-refractivity contribution in [2.75, 3.05) is 24.6 Å². The van der Waals surface area contributed by atoms with Gasteiger partial charge >= 0.3 is 10.3 Å². The lowest BCUT2D eigenvalue weighted by atomic mass is 9.99. The minimum Gasteiger partial charge on any atom is -0.395 e. The molecule has 0 saturated carbocycles. The van der Waals surface area contributed by atoms with Crippen LogP contribution in [-0.2, 0) is 29.8 Å². The maximum Gasteiger partial charge on any atom is 0.380 e. The number of carbonyl (C=O) groups excluding carboxylic acids is 1. The number of hydrogen-bond acceptors (Lipinski definition) is 6. The van der Waals surface area contributed by atoms with Crippen LogP contribution in [0, 0.1) is 0 Å². The van der Waals surface area contributed by atoms with Crippen LogP contribution in [0.15, 0.2) is 72.8 Å². The van der Waals surface area contributed by atoms with E-state index in [0.717, 1.165) is 22.4 Å². The summed E-state index contributed by atoms with van der Waals surface area (Å²) in [6.07, 6.45) is 0.663. The zero-order valence-electron chi connectivity index (χ0n) is 18.6. The number of rotatable bonds is 8. The van der Waals surface area contributed by atoms with E-state index < -0.39 is 10.3 Å². The van der Waals surface area contributed by atoms with Crippen LogP contribution in [0.1, 0.15) is 27.0 Å². The SMILES string of the molecule is NS(=O)(=O)Oc1ccc2c(c1)CN(C(=O)c1ccc(N(CCO)Cc3ccccc3)cc1)CC2. The summed E-state index contributed by atoms with van der Waals surface area (Å²) in [6.45, 7) is 2.07. The van der Waals surface area contributed by atoms with Gasteiger partial charge in [-0.15, -0.1) is 0 Å². The number of hydrogen-bond donors (Lipinski definition) is 2. The zero-order valence-corrected chi connectivity index (χ0v) is 19.4. The average molecular weight is 482 g/mol. The van der Waals surface area contributed by atoms with Crippen molar-refractivity contribution in [1.82, 2.24) is 4.90 Å². The molecule has 0 unspecified atom stereocenters. The van der Waals surface area contributed by atoms with Crippen molar-refractivity contribution in [3.05, 3.63) is 95.1 Å². The number of fused-ring (bicyclic) bond motifs is 1. The Balaban J connectivity index is 1.47. The van der Waals surface area contributed by atoms with Crippen LogP contribution < -0.4 is 14.2 Å². The summed E-state index contributed by atoms with van der Waals surface area (Å²) in [4.78, 5) is 16.9. The Kier molecular flexibility index (Phi) is 7.16. The highest BCUT2D eigenvalue weighted by atomic mass is 32.2. The third-order valence-electron chi connectivity index (χ3n) is 5.76. The number of nitrogens with zero attached hydrogens (tertiary/aromatic N) is 2. The summed E-state index contributed by atoms with van der Waals surface area (Å²) in [7, 11) is -4.11. The summed E-state index contributed by atoms with van der Waals surface area (Å²) in [5, 5.41) is 14.5. The van der Waals surface area contributed by atoms with Crippen molar-refractivity contribution < 1.29 is 22.5 Å². The van der Waals surface area contributed by atoms with E-state index in [0.29, 0.717) is 38.2 Å². The van der Waals surface area contributed by atoms with Crippen molar-refractivity contribution in [3.8, 4) is 5.75 Å². The molecule has 178 valence electrons. The lowest BCUT2D eigenvalue weighted by Gasteiger charge is -2.29. The first-order valence-electron chi connectivity index (χ1n) is 11.0. The molecular weight excluding hydrogens is 454 g/mol. The van der Waals surface area contributed by atoms with Crippen molar-refractivity contribution in [2.45, 2.75) is 19.5 Å². The standard InChI is InChI=1S/C25H27N3O5S/c26-34(31,32)33-24-11-8-20-12-13-28(18-22(20)16-24)25(30)21-6-9-23(10-7-21)27(14-15-29)17-19-4-2-1-3-5-19/h1-11,16,29H,12-15,17-18H2,(H2,26,31,32). The van der Waals surface area contributed by atoms with Gasteiger partial charge in [0.05, 0.1) is 6.61 Å². The maximum atomic E-state index is 13.1. The van der Waals surface area contributed by atoms with Crippen LogP contribution in [0.2, 0.25) is 0 Å². The van der Waals surface area contributed by atoms with E-state index in [1.165, 1.54) is 0 Å². The molecule has 3 N–H and O–H groups in total. The summed E-state index contributed by atoms with van der Waals surface area (Å²) in [6, 6.07) is 22.3. The maximum absolute atomic E-state index is 13.1. The predicted molar refractivity (Wildman–Crippen MR) is 130 cm³/mol. The van der Waals surface area contributed by atoms with E-state index in [4.69, 9.17) is 9.32 Å². The molecule has 34 heavy (non-hydrogen) atoms. The number of aliphatic hydroxyl groups is 1. The number of amides is 1. The van der Waals surface area contributed by atoms with Gasteiger partial charge in [-0.2, -0.15) is 13.6 Å². The summed E-state index contributed by atoms with van der Waals surface area (Å²) in [5.41, 5.74) is 4.49. The smallest absolute Gasteiger partial charge is 0.380 e. The Labute approximate surface area is 199 Å². The lowest BCUT2D eigenvalue weighted by Crippen LogP contribution is -2.36. The van der Waals surface area contributed by atoms with Gasteiger partial charge in [-0.05, 0) is 59.5 Å². The van der Waals surface area contributed by atoms with E-state index >= 15 is 0 Å². The molecule has 0 spiro atoms. The van der Waals surface area contributed by atoms with E-state index in [9.17, 15) is 18.3 Å². The van der Waals surface area contributed by atoms with E-state index in [2.05, 4.69) is 4.90 Å². The molecule has 1 aliphatic rings. The molecular formula is C25H27N3O5S. The fraction of sp³-hybridized carbons (Fsp3) is 0.240. The second kappa shape index (κ2) is 10.3. The molecule has 0 fully saturated rings. The molecule has 8 nitrogen and oxygen atoms in total. The quantitative estimate of drug-likeness (QED) is 0.511. The van der Waals surface area contributed by atoms with Gasteiger partial charge in [0.15, 0.2) is 0 Å². The first-order chi connectivity index (χ1) is 16.3. The fourth-order valence-electron chi connectivity index (χ4n) is 4.11. The summed E-state index contributed by atoms with van der Waals surface area (Å²) >= 11 is 0. The van der Waals surface area contributed by atoms with Crippen molar-refractivity contribution >= 4 is 21.9 Å². The van der Waals surface area contributed by atoms with Crippen LogP contribution in [0.5, 0.6) is 5.75 Å². The number of nitrogens with two attached hydrogens (primary N) is 1. The molecule has 3 aromatic rings. The van der Waals surface area contributed by atoms with Gasteiger partial charge in [0, 0.05) is 37.4 Å². The van der Waals surface area contributed by atoms with Crippen LogP contribution in [0.4, 0.5) is 5.69 Å². The molecule has 0 saturated heterocycles. The first kappa shape index (κ1) is 23.7. The molecule has 0 bridgehead atoms. The highest BCUT2D eigenvalue weighted by Gasteiger charge is 2.23. The highest BCUT2D eigenvalue weighted by molar-refractivity contribution is 7.84. The number of anilines is 1. The largest absolute Gasteiger partial charge is 0.395 e. The van der Waals surface area contributed by atoms with Gasteiger partial charge in [0.25, 0.3) is 5.91 Å². The van der Waals surface area contributed by atoms with E-state index in [-0.39, 0.29) is 18.3 Å². The molecule has 1 amide bonds. The number of carbonyl (C=O) groups is 1. The fourth-order valence-corrected chi connectivity index (χ4v) is 4.49. The third kappa shape index (κ3) is 5.93. The molecule has 3 aromatic carbocycles. The van der Waals surface area contributed by atoms with Crippen LogP contribution in [-0.4, -0.2) is 44.0 Å². The summed E-state index contributed by atoms with van der Waals surface area (Å²) in [5.74, 6) is 0.0222. The number of benzene rings is 3. The van der Waals surface area contributed by atoms with Gasteiger partial charge in [-0.1, -0.05) is 36.4 Å². The van der Waals surface area contributed by atoms with Gasteiger partial charge in [-0.25, -0.2) is 0 Å². The zero-order chi connectivity index (χ0) is 24.1. The third-order valence-corrected chi connectivity index (χ3v) is 6.18. The van der Waals surface area contributed by atoms with E-state index in [1.807, 2.05) is 42.5 Å². The van der Waals surface area contributed by atoms with Crippen LogP contribution >= 0.6 is 0 Å². The molecule has 1 aliphatic heterocycles.